The zero-order valence-electron chi connectivity index (χ0n) is 17.1. The third kappa shape index (κ3) is 5.53. The lowest BCUT2D eigenvalue weighted by atomic mass is 10.2. The fourth-order valence-electron chi connectivity index (χ4n) is 2.88. The molecule has 1 heterocycles. The zero-order valence-corrected chi connectivity index (χ0v) is 18.7. The SMILES string of the molecule is COc1ccc(S(=O)(=O)N(CC(=O)NCc2ccncc2)c2cc(C)ccc2Cl)cc1. The number of aryl methyl sites for hydroxylation is 1. The lowest BCUT2D eigenvalue weighted by Gasteiger charge is -2.25. The highest BCUT2D eigenvalue weighted by Crippen LogP contribution is 2.31. The van der Waals surface area contributed by atoms with Gasteiger partial charge >= 0.3 is 0 Å². The van der Waals surface area contributed by atoms with Crippen LogP contribution in [0.3, 0.4) is 0 Å². The number of sulfonamides is 1. The van der Waals surface area contributed by atoms with Crippen LogP contribution in [0.2, 0.25) is 5.02 Å². The summed E-state index contributed by atoms with van der Waals surface area (Å²) in [5, 5.41) is 2.97. The second-order valence-electron chi connectivity index (χ2n) is 6.77. The summed E-state index contributed by atoms with van der Waals surface area (Å²) in [5.41, 5.74) is 1.89. The molecule has 0 atom stereocenters. The maximum absolute atomic E-state index is 13.4. The molecule has 0 aliphatic carbocycles. The van der Waals surface area contributed by atoms with Gasteiger partial charge in [-0.05, 0) is 66.6 Å². The van der Waals surface area contributed by atoms with Crippen LogP contribution in [0.1, 0.15) is 11.1 Å². The maximum atomic E-state index is 13.4. The van der Waals surface area contributed by atoms with Gasteiger partial charge in [0.05, 0.1) is 22.7 Å². The van der Waals surface area contributed by atoms with Crippen molar-refractivity contribution in [3.63, 3.8) is 0 Å². The Bertz CT molecular complexity index is 1150. The molecule has 0 aliphatic heterocycles. The number of amides is 1. The van der Waals surface area contributed by atoms with Gasteiger partial charge in [-0.15, -0.1) is 0 Å². The Hall–Kier alpha value is -3.10. The first kappa shape index (κ1) is 22.6. The summed E-state index contributed by atoms with van der Waals surface area (Å²) in [5.74, 6) is 0.0562. The smallest absolute Gasteiger partial charge is 0.264 e. The molecule has 2 aromatic carbocycles. The van der Waals surface area contributed by atoms with E-state index < -0.39 is 22.5 Å². The number of benzene rings is 2. The molecular weight excluding hydrogens is 438 g/mol. The van der Waals surface area contributed by atoms with Crippen molar-refractivity contribution in [2.75, 3.05) is 18.0 Å². The second kappa shape index (κ2) is 9.80. The van der Waals surface area contributed by atoms with Crippen molar-refractivity contribution in [1.82, 2.24) is 10.3 Å². The maximum Gasteiger partial charge on any atom is 0.264 e. The molecule has 1 aromatic heterocycles. The van der Waals surface area contributed by atoms with Gasteiger partial charge in [0.1, 0.15) is 12.3 Å². The third-order valence-electron chi connectivity index (χ3n) is 4.54. The van der Waals surface area contributed by atoms with E-state index in [1.807, 2.05) is 6.92 Å². The Morgan fingerprint density at radius 3 is 2.42 bits per heavy atom. The quantitative estimate of drug-likeness (QED) is 0.556. The number of anilines is 1. The van der Waals surface area contributed by atoms with Crippen LogP contribution < -0.4 is 14.4 Å². The standard InChI is InChI=1S/C22H22ClN3O4S/c1-16-3-8-20(23)21(13-16)26(15-22(27)25-14-17-9-11-24-12-10-17)31(28,29)19-6-4-18(30-2)5-7-19/h3-13H,14-15H2,1-2H3,(H,25,27). The van der Waals surface area contributed by atoms with Crippen LogP contribution in [0, 0.1) is 6.92 Å². The zero-order chi connectivity index (χ0) is 22.4. The Balaban J connectivity index is 1.92. The molecule has 1 N–H and O–H groups in total. The summed E-state index contributed by atoms with van der Waals surface area (Å²) >= 11 is 6.32. The van der Waals surface area contributed by atoms with Gasteiger partial charge in [-0.25, -0.2) is 8.42 Å². The average molecular weight is 460 g/mol. The molecular formula is C22H22ClN3O4S. The first-order valence-corrected chi connectivity index (χ1v) is 11.2. The average Bonchev–Trinajstić information content (AvgIpc) is 2.78. The van der Waals surface area contributed by atoms with Crippen LogP contribution in [0.25, 0.3) is 0 Å². The van der Waals surface area contributed by atoms with Crippen molar-refractivity contribution in [3.8, 4) is 5.75 Å². The normalized spacial score (nSPS) is 11.1. The van der Waals surface area contributed by atoms with E-state index in [4.69, 9.17) is 16.3 Å². The first-order valence-electron chi connectivity index (χ1n) is 9.40. The van der Waals surface area contributed by atoms with Gasteiger partial charge in [-0.2, -0.15) is 0 Å². The molecule has 1 amide bonds. The molecule has 0 fully saturated rings. The fraction of sp³-hybridized carbons (Fsp3) is 0.182. The largest absolute Gasteiger partial charge is 0.497 e. The summed E-state index contributed by atoms with van der Waals surface area (Å²) in [6, 6.07) is 14.5. The Morgan fingerprint density at radius 2 is 1.77 bits per heavy atom. The molecule has 0 bridgehead atoms. The number of nitrogens with zero attached hydrogens (tertiary/aromatic N) is 2. The Morgan fingerprint density at radius 1 is 1.10 bits per heavy atom. The summed E-state index contributed by atoms with van der Waals surface area (Å²) in [4.78, 5) is 16.6. The summed E-state index contributed by atoms with van der Waals surface area (Å²) < 4.78 is 33.0. The molecule has 31 heavy (non-hydrogen) atoms. The number of aromatic nitrogens is 1. The number of hydrogen-bond acceptors (Lipinski definition) is 5. The van der Waals surface area contributed by atoms with Gasteiger partial charge in [0, 0.05) is 18.9 Å². The van der Waals surface area contributed by atoms with Crippen molar-refractivity contribution in [3.05, 3.63) is 83.1 Å². The van der Waals surface area contributed by atoms with E-state index in [-0.39, 0.29) is 22.2 Å². The number of pyridine rings is 1. The van der Waals surface area contributed by atoms with Crippen molar-refractivity contribution in [1.29, 1.82) is 0 Å². The number of nitrogens with one attached hydrogen (secondary N) is 1. The van der Waals surface area contributed by atoms with Gasteiger partial charge in [0.25, 0.3) is 10.0 Å². The number of carbonyl (C=O) groups is 1. The molecule has 162 valence electrons. The minimum atomic E-state index is -4.07. The van der Waals surface area contributed by atoms with E-state index in [1.165, 1.54) is 19.2 Å². The topological polar surface area (TPSA) is 88.6 Å². The predicted molar refractivity (Wildman–Crippen MR) is 120 cm³/mol. The van der Waals surface area contributed by atoms with Crippen molar-refractivity contribution in [2.45, 2.75) is 18.4 Å². The minimum absolute atomic E-state index is 0.0211. The van der Waals surface area contributed by atoms with Gasteiger partial charge in [0.15, 0.2) is 0 Å². The van der Waals surface area contributed by atoms with Crippen molar-refractivity contribution < 1.29 is 17.9 Å². The van der Waals surface area contributed by atoms with E-state index in [2.05, 4.69) is 10.3 Å². The van der Waals surface area contributed by atoms with Crippen LogP contribution in [0.15, 0.2) is 71.9 Å². The highest BCUT2D eigenvalue weighted by Gasteiger charge is 2.29. The summed E-state index contributed by atoms with van der Waals surface area (Å²) in [6.07, 6.45) is 3.24. The van der Waals surface area contributed by atoms with Crippen LogP contribution >= 0.6 is 11.6 Å². The lowest BCUT2D eigenvalue weighted by Crippen LogP contribution is -2.40. The number of ether oxygens (including phenoxy) is 1. The number of carbonyl (C=O) groups excluding carboxylic acids is 1. The van der Waals surface area contributed by atoms with E-state index in [9.17, 15) is 13.2 Å². The molecule has 0 radical (unpaired) electrons. The van der Waals surface area contributed by atoms with E-state index in [0.29, 0.717) is 5.75 Å². The lowest BCUT2D eigenvalue weighted by molar-refractivity contribution is -0.119. The summed E-state index contributed by atoms with van der Waals surface area (Å²) in [7, 11) is -2.58. The summed E-state index contributed by atoms with van der Waals surface area (Å²) in [6.45, 7) is 1.64. The van der Waals surface area contributed by atoms with E-state index in [0.717, 1.165) is 15.4 Å². The van der Waals surface area contributed by atoms with Gasteiger partial charge in [-0.1, -0.05) is 17.7 Å². The van der Waals surface area contributed by atoms with Crippen molar-refractivity contribution in [2.24, 2.45) is 0 Å². The highest BCUT2D eigenvalue weighted by molar-refractivity contribution is 7.92. The van der Waals surface area contributed by atoms with Gasteiger partial charge < -0.3 is 10.1 Å². The monoisotopic (exact) mass is 459 g/mol. The predicted octanol–water partition coefficient (Wildman–Crippen LogP) is 3.56. The number of rotatable bonds is 8. The van der Waals surface area contributed by atoms with Crippen molar-refractivity contribution >= 4 is 33.2 Å². The Kier molecular flexibility index (Phi) is 7.14. The molecule has 0 aliphatic rings. The van der Waals surface area contributed by atoms with Gasteiger partial charge in [0.2, 0.25) is 5.91 Å². The van der Waals surface area contributed by atoms with Crippen LogP contribution in [-0.2, 0) is 21.4 Å². The molecule has 0 saturated heterocycles. The molecule has 9 heteroatoms. The van der Waals surface area contributed by atoms with E-state index in [1.54, 1.807) is 54.9 Å². The van der Waals surface area contributed by atoms with Crippen LogP contribution in [0.4, 0.5) is 5.69 Å². The molecule has 0 spiro atoms. The highest BCUT2D eigenvalue weighted by atomic mass is 35.5. The van der Waals surface area contributed by atoms with Gasteiger partial charge in [-0.3, -0.25) is 14.1 Å². The minimum Gasteiger partial charge on any atom is -0.497 e. The second-order valence-corrected chi connectivity index (χ2v) is 9.04. The molecule has 3 rings (SSSR count). The number of halogens is 1. The number of hydrogen-bond donors (Lipinski definition) is 1. The van der Waals surface area contributed by atoms with Crippen LogP contribution in [0.5, 0.6) is 5.75 Å². The van der Waals surface area contributed by atoms with E-state index >= 15 is 0 Å². The Labute approximate surface area is 186 Å². The molecule has 7 nitrogen and oxygen atoms in total. The first-order chi connectivity index (χ1) is 14.8. The fourth-order valence-corrected chi connectivity index (χ4v) is 4.58. The number of methoxy groups -OCH3 is 1. The molecule has 0 saturated carbocycles. The molecule has 3 aromatic rings. The van der Waals surface area contributed by atoms with Crippen LogP contribution in [-0.4, -0.2) is 33.0 Å². The third-order valence-corrected chi connectivity index (χ3v) is 6.64. The molecule has 0 unspecified atom stereocenters.